The summed E-state index contributed by atoms with van der Waals surface area (Å²) in [4.78, 5) is 23.9. The van der Waals surface area contributed by atoms with Crippen LogP contribution in [0.2, 0.25) is 0 Å². The molecule has 5 heteroatoms. The summed E-state index contributed by atoms with van der Waals surface area (Å²) in [6, 6.07) is 13.0. The average Bonchev–Trinajstić information content (AvgIpc) is 2.73. The van der Waals surface area contributed by atoms with E-state index in [2.05, 4.69) is 10.6 Å². The van der Waals surface area contributed by atoms with Gasteiger partial charge >= 0.3 is 0 Å². The fourth-order valence-corrected chi connectivity index (χ4v) is 2.45. The SMILES string of the molecule is Cc1ccccc1CNC(=O)c1ccc2c(c1)NC(=O)CCO2. The number of hydrogen-bond acceptors (Lipinski definition) is 3. The van der Waals surface area contributed by atoms with Gasteiger partial charge in [-0.2, -0.15) is 0 Å². The molecule has 0 aliphatic carbocycles. The molecule has 0 fully saturated rings. The Labute approximate surface area is 134 Å². The van der Waals surface area contributed by atoms with Crippen LogP contribution in [0.5, 0.6) is 5.75 Å². The van der Waals surface area contributed by atoms with Gasteiger partial charge in [-0.25, -0.2) is 0 Å². The molecule has 2 N–H and O–H groups in total. The quantitative estimate of drug-likeness (QED) is 0.916. The van der Waals surface area contributed by atoms with Crippen molar-refractivity contribution in [2.24, 2.45) is 0 Å². The number of benzene rings is 2. The lowest BCUT2D eigenvalue weighted by atomic mass is 10.1. The summed E-state index contributed by atoms with van der Waals surface area (Å²) in [7, 11) is 0. The number of amides is 2. The Morgan fingerprint density at radius 1 is 1.26 bits per heavy atom. The predicted molar refractivity (Wildman–Crippen MR) is 87.5 cm³/mol. The van der Waals surface area contributed by atoms with Crippen LogP contribution < -0.4 is 15.4 Å². The maximum Gasteiger partial charge on any atom is 0.251 e. The number of anilines is 1. The van der Waals surface area contributed by atoms with E-state index in [1.54, 1.807) is 18.2 Å². The molecular formula is C18H18N2O3. The molecule has 2 aromatic carbocycles. The Morgan fingerprint density at radius 2 is 2.09 bits per heavy atom. The van der Waals surface area contributed by atoms with E-state index in [1.807, 2.05) is 31.2 Å². The van der Waals surface area contributed by atoms with Crippen LogP contribution >= 0.6 is 0 Å². The van der Waals surface area contributed by atoms with Crippen LogP contribution in [-0.2, 0) is 11.3 Å². The zero-order valence-electron chi connectivity index (χ0n) is 12.9. The van der Waals surface area contributed by atoms with Gasteiger partial charge in [0.15, 0.2) is 0 Å². The molecular weight excluding hydrogens is 292 g/mol. The highest BCUT2D eigenvalue weighted by atomic mass is 16.5. The number of carbonyl (C=O) groups is 2. The summed E-state index contributed by atoms with van der Waals surface area (Å²) in [6.45, 7) is 2.82. The molecule has 0 unspecified atom stereocenters. The number of ether oxygens (including phenoxy) is 1. The normalized spacial score (nSPS) is 13.3. The summed E-state index contributed by atoms with van der Waals surface area (Å²) in [5, 5.41) is 5.65. The van der Waals surface area contributed by atoms with Crippen LogP contribution in [0.3, 0.4) is 0 Å². The first-order valence-corrected chi connectivity index (χ1v) is 7.53. The summed E-state index contributed by atoms with van der Waals surface area (Å²) in [5.74, 6) is 0.294. The average molecular weight is 310 g/mol. The molecule has 5 nitrogen and oxygen atoms in total. The standard InChI is InChI=1S/C18H18N2O3/c1-12-4-2-3-5-14(12)11-19-18(22)13-6-7-16-15(10-13)20-17(21)8-9-23-16/h2-7,10H,8-9,11H2,1H3,(H,19,22)(H,20,21). The van der Waals surface area contributed by atoms with Crippen LogP contribution in [-0.4, -0.2) is 18.4 Å². The predicted octanol–water partition coefficient (Wildman–Crippen LogP) is 2.65. The maximum atomic E-state index is 12.3. The Balaban J connectivity index is 1.73. The third-order valence-corrected chi connectivity index (χ3v) is 3.80. The molecule has 1 heterocycles. The fourth-order valence-electron chi connectivity index (χ4n) is 2.45. The maximum absolute atomic E-state index is 12.3. The molecule has 0 aromatic heterocycles. The van der Waals surface area contributed by atoms with Crippen molar-refractivity contribution in [3.8, 4) is 5.75 Å². The molecule has 0 saturated heterocycles. The molecule has 118 valence electrons. The minimum absolute atomic E-state index is 0.110. The van der Waals surface area contributed by atoms with Gasteiger partial charge in [-0.15, -0.1) is 0 Å². The van der Waals surface area contributed by atoms with Crippen molar-refractivity contribution in [2.75, 3.05) is 11.9 Å². The number of aryl methyl sites for hydroxylation is 1. The molecule has 0 radical (unpaired) electrons. The summed E-state index contributed by atoms with van der Waals surface area (Å²) < 4.78 is 5.48. The zero-order chi connectivity index (χ0) is 16.2. The first kappa shape index (κ1) is 15.1. The number of rotatable bonds is 3. The van der Waals surface area contributed by atoms with Crippen molar-refractivity contribution in [2.45, 2.75) is 19.9 Å². The van der Waals surface area contributed by atoms with Crippen molar-refractivity contribution in [1.29, 1.82) is 0 Å². The molecule has 0 saturated carbocycles. The summed E-state index contributed by atoms with van der Waals surface area (Å²) >= 11 is 0. The number of hydrogen-bond donors (Lipinski definition) is 2. The van der Waals surface area contributed by atoms with Gasteiger partial charge in [-0.1, -0.05) is 24.3 Å². The third kappa shape index (κ3) is 3.51. The lowest BCUT2D eigenvalue weighted by Gasteiger charge is -2.11. The number of nitrogens with one attached hydrogen (secondary N) is 2. The van der Waals surface area contributed by atoms with Gasteiger partial charge in [0, 0.05) is 12.1 Å². The molecule has 0 bridgehead atoms. The minimum atomic E-state index is -0.186. The molecule has 0 spiro atoms. The smallest absolute Gasteiger partial charge is 0.251 e. The highest BCUT2D eigenvalue weighted by Gasteiger charge is 2.16. The van der Waals surface area contributed by atoms with Crippen molar-refractivity contribution in [3.63, 3.8) is 0 Å². The van der Waals surface area contributed by atoms with Crippen molar-refractivity contribution in [3.05, 3.63) is 59.2 Å². The largest absolute Gasteiger partial charge is 0.491 e. The second kappa shape index (κ2) is 6.52. The van der Waals surface area contributed by atoms with Crippen molar-refractivity contribution < 1.29 is 14.3 Å². The van der Waals surface area contributed by atoms with E-state index >= 15 is 0 Å². The minimum Gasteiger partial charge on any atom is -0.491 e. The van der Waals surface area contributed by atoms with Crippen LogP contribution in [0.1, 0.15) is 27.9 Å². The topological polar surface area (TPSA) is 67.4 Å². The molecule has 1 aliphatic heterocycles. The molecule has 1 aliphatic rings. The highest BCUT2D eigenvalue weighted by molar-refractivity contribution is 5.98. The van der Waals surface area contributed by atoms with Crippen LogP contribution in [0.4, 0.5) is 5.69 Å². The van der Waals surface area contributed by atoms with Crippen LogP contribution in [0, 0.1) is 6.92 Å². The molecule has 3 rings (SSSR count). The first-order valence-electron chi connectivity index (χ1n) is 7.53. The van der Waals surface area contributed by atoms with E-state index in [0.717, 1.165) is 11.1 Å². The lowest BCUT2D eigenvalue weighted by molar-refractivity contribution is -0.116. The fraction of sp³-hybridized carbons (Fsp3) is 0.222. The van der Waals surface area contributed by atoms with Gasteiger partial charge in [-0.05, 0) is 36.2 Å². The Kier molecular flexibility index (Phi) is 4.28. The molecule has 2 aromatic rings. The zero-order valence-corrected chi connectivity index (χ0v) is 12.9. The van der Waals surface area contributed by atoms with Gasteiger partial charge in [0.25, 0.3) is 5.91 Å². The van der Waals surface area contributed by atoms with E-state index in [0.29, 0.717) is 36.6 Å². The van der Waals surface area contributed by atoms with Crippen LogP contribution in [0.15, 0.2) is 42.5 Å². The number of fused-ring (bicyclic) bond motifs is 1. The van der Waals surface area contributed by atoms with Gasteiger partial charge in [0.05, 0.1) is 18.7 Å². The van der Waals surface area contributed by atoms with E-state index < -0.39 is 0 Å². The monoisotopic (exact) mass is 310 g/mol. The van der Waals surface area contributed by atoms with Gasteiger partial charge in [0.2, 0.25) is 5.91 Å². The van der Waals surface area contributed by atoms with Gasteiger partial charge < -0.3 is 15.4 Å². The molecule has 23 heavy (non-hydrogen) atoms. The molecule has 2 amide bonds. The highest BCUT2D eigenvalue weighted by Crippen LogP contribution is 2.28. The third-order valence-electron chi connectivity index (χ3n) is 3.80. The van der Waals surface area contributed by atoms with E-state index in [4.69, 9.17) is 4.74 Å². The second-order valence-electron chi connectivity index (χ2n) is 5.47. The van der Waals surface area contributed by atoms with Crippen molar-refractivity contribution >= 4 is 17.5 Å². The summed E-state index contributed by atoms with van der Waals surface area (Å²) in [5.41, 5.74) is 3.24. The Morgan fingerprint density at radius 3 is 2.91 bits per heavy atom. The van der Waals surface area contributed by atoms with Crippen molar-refractivity contribution in [1.82, 2.24) is 5.32 Å². The van der Waals surface area contributed by atoms with E-state index in [9.17, 15) is 9.59 Å². The lowest BCUT2D eigenvalue weighted by Crippen LogP contribution is -2.23. The van der Waals surface area contributed by atoms with Crippen LogP contribution in [0.25, 0.3) is 0 Å². The second-order valence-corrected chi connectivity index (χ2v) is 5.47. The Hall–Kier alpha value is -2.82. The van der Waals surface area contributed by atoms with Gasteiger partial charge in [-0.3, -0.25) is 9.59 Å². The number of carbonyl (C=O) groups excluding carboxylic acids is 2. The van der Waals surface area contributed by atoms with E-state index in [-0.39, 0.29) is 11.8 Å². The van der Waals surface area contributed by atoms with Gasteiger partial charge in [0.1, 0.15) is 5.75 Å². The first-order chi connectivity index (χ1) is 11.1. The summed E-state index contributed by atoms with van der Waals surface area (Å²) in [6.07, 6.45) is 0.309. The Bertz CT molecular complexity index is 756. The van der Waals surface area contributed by atoms with E-state index in [1.165, 1.54) is 0 Å². The molecule has 0 atom stereocenters.